The van der Waals surface area contributed by atoms with Gasteiger partial charge in [0.2, 0.25) is 0 Å². The van der Waals surface area contributed by atoms with E-state index in [1.54, 1.807) is 0 Å². The van der Waals surface area contributed by atoms with Crippen LogP contribution in [-0.2, 0) is 25.8 Å². The number of fused-ring (bicyclic) bond motifs is 2. The maximum atomic E-state index is 2.28. The molecule has 0 aliphatic heterocycles. The van der Waals surface area contributed by atoms with Crippen molar-refractivity contribution in [2.75, 3.05) is 0 Å². The van der Waals surface area contributed by atoms with E-state index >= 15 is 0 Å². The molecule has 0 bridgehead atoms. The van der Waals surface area contributed by atoms with Crippen molar-refractivity contribution in [1.82, 2.24) is 0 Å². The smallest absolute Gasteiger partial charge is 0 e. The van der Waals surface area contributed by atoms with Gasteiger partial charge in [-0.3, -0.25) is 0 Å². The normalized spacial score (nSPS) is 9.89. The topological polar surface area (TPSA) is 0 Å². The average Bonchev–Trinajstić information content (AvgIpc) is 3.38. The van der Waals surface area contributed by atoms with Crippen molar-refractivity contribution in [3.63, 3.8) is 0 Å². The summed E-state index contributed by atoms with van der Waals surface area (Å²) < 4.78 is 0. The molecule has 6 aromatic carbocycles. The Morgan fingerprint density at radius 2 is 0.743 bits per heavy atom. The van der Waals surface area contributed by atoms with E-state index in [9.17, 15) is 0 Å². The SMILES string of the molecule is C[c-]1c(-c2ccccc2)cc2ccccc21.C[c-]1c(-c2ccccc2)cc2ccccc21.Cl.Cl.[Hf]. The third-order valence-corrected chi connectivity index (χ3v) is 6.31. The Labute approximate surface area is 239 Å². The molecular formula is C32H28Cl2Hf-2. The van der Waals surface area contributed by atoms with Crippen LogP contribution >= 0.6 is 24.8 Å². The van der Waals surface area contributed by atoms with Crippen LogP contribution < -0.4 is 0 Å². The molecule has 0 nitrogen and oxygen atoms in total. The molecule has 0 saturated carbocycles. The minimum atomic E-state index is 0. The summed E-state index contributed by atoms with van der Waals surface area (Å²) >= 11 is 0. The number of aryl methyl sites for hydroxylation is 2. The molecule has 0 fully saturated rings. The van der Waals surface area contributed by atoms with E-state index < -0.39 is 0 Å². The van der Waals surface area contributed by atoms with Gasteiger partial charge in [0, 0.05) is 25.8 Å². The zero-order chi connectivity index (χ0) is 21.9. The Hall–Kier alpha value is -2.45. The first-order valence-electron chi connectivity index (χ1n) is 11.1. The minimum absolute atomic E-state index is 0. The second-order valence-electron chi connectivity index (χ2n) is 8.27. The van der Waals surface area contributed by atoms with Gasteiger partial charge in [-0.1, -0.05) is 122 Å². The van der Waals surface area contributed by atoms with E-state index in [4.69, 9.17) is 0 Å². The van der Waals surface area contributed by atoms with Crippen LogP contribution in [0.25, 0.3) is 43.8 Å². The molecule has 0 amide bonds. The van der Waals surface area contributed by atoms with Crippen LogP contribution in [0.3, 0.4) is 0 Å². The Balaban J connectivity index is 0.000000227. The van der Waals surface area contributed by atoms with E-state index in [0.717, 1.165) is 0 Å². The van der Waals surface area contributed by atoms with Crippen LogP contribution in [0, 0.1) is 13.8 Å². The quantitative estimate of drug-likeness (QED) is 0.128. The van der Waals surface area contributed by atoms with E-state index in [1.165, 1.54) is 54.9 Å². The summed E-state index contributed by atoms with van der Waals surface area (Å²) in [5.74, 6) is 0. The van der Waals surface area contributed by atoms with Crippen molar-refractivity contribution in [3.05, 3.63) is 132 Å². The van der Waals surface area contributed by atoms with Gasteiger partial charge in [-0.05, 0) is 0 Å². The molecule has 0 aromatic heterocycles. The van der Waals surface area contributed by atoms with Crippen LogP contribution in [-0.4, -0.2) is 0 Å². The van der Waals surface area contributed by atoms with Crippen molar-refractivity contribution in [1.29, 1.82) is 0 Å². The van der Waals surface area contributed by atoms with Crippen LogP contribution in [0.5, 0.6) is 0 Å². The fraction of sp³-hybridized carbons (Fsp3) is 0.0625. The van der Waals surface area contributed by atoms with Crippen molar-refractivity contribution >= 4 is 46.4 Å². The predicted octanol–water partition coefficient (Wildman–Crippen LogP) is 9.91. The first-order valence-corrected chi connectivity index (χ1v) is 11.1. The van der Waals surface area contributed by atoms with Gasteiger partial charge in [-0.2, -0.15) is 0 Å². The van der Waals surface area contributed by atoms with Crippen molar-refractivity contribution in [3.8, 4) is 22.3 Å². The molecule has 0 saturated heterocycles. The van der Waals surface area contributed by atoms with Crippen LogP contribution in [0.15, 0.2) is 121 Å². The standard InChI is InChI=1S/2C16H13.2ClH.Hf/c2*1-12-15-10-6-5-9-14(15)11-16(12)13-7-3-2-4-8-13;;;/h2*2-11H,1H3;2*1H;/q2*-1;;;. The molecule has 6 rings (SSSR count). The van der Waals surface area contributed by atoms with Gasteiger partial charge < -0.3 is 0 Å². The molecule has 176 valence electrons. The second kappa shape index (κ2) is 13.0. The first kappa shape index (κ1) is 28.8. The largest absolute Gasteiger partial charge is 0.147 e. The monoisotopic (exact) mass is 662 g/mol. The zero-order valence-electron chi connectivity index (χ0n) is 19.9. The number of halogens is 2. The van der Waals surface area contributed by atoms with E-state index in [2.05, 4.69) is 135 Å². The molecule has 0 radical (unpaired) electrons. The molecule has 6 aromatic rings. The van der Waals surface area contributed by atoms with Gasteiger partial charge in [0.1, 0.15) is 0 Å². The summed E-state index contributed by atoms with van der Waals surface area (Å²) in [6.07, 6.45) is 0. The van der Waals surface area contributed by atoms with E-state index in [0.29, 0.717) is 0 Å². The van der Waals surface area contributed by atoms with E-state index in [1.807, 2.05) is 0 Å². The van der Waals surface area contributed by atoms with Crippen LogP contribution in [0.2, 0.25) is 0 Å². The van der Waals surface area contributed by atoms with Gasteiger partial charge in [0.25, 0.3) is 0 Å². The Bertz CT molecular complexity index is 1360. The predicted molar refractivity (Wildman–Crippen MR) is 154 cm³/mol. The fourth-order valence-electron chi connectivity index (χ4n) is 4.58. The molecule has 0 N–H and O–H groups in total. The molecule has 0 atom stereocenters. The first-order chi connectivity index (χ1) is 15.7. The average molecular weight is 662 g/mol. The Kier molecular flexibility index (Phi) is 10.7. The van der Waals surface area contributed by atoms with Gasteiger partial charge in [-0.25, -0.2) is 0 Å². The summed E-state index contributed by atoms with van der Waals surface area (Å²) in [6.45, 7) is 4.40. The number of hydrogen-bond donors (Lipinski definition) is 0. The summed E-state index contributed by atoms with van der Waals surface area (Å²) in [5.41, 5.74) is 8.06. The third kappa shape index (κ3) is 6.04. The summed E-state index contributed by atoms with van der Waals surface area (Å²) in [7, 11) is 0. The molecule has 0 spiro atoms. The van der Waals surface area contributed by atoms with E-state index in [-0.39, 0.29) is 50.7 Å². The number of benzene rings is 4. The second-order valence-corrected chi connectivity index (χ2v) is 8.27. The van der Waals surface area contributed by atoms with Gasteiger partial charge in [-0.15, -0.1) is 92.9 Å². The fourth-order valence-corrected chi connectivity index (χ4v) is 4.58. The van der Waals surface area contributed by atoms with Gasteiger partial charge >= 0.3 is 0 Å². The van der Waals surface area contributed by atoms with Gasteiger partial charge in [0.05, 0.1) is 0 Å². The number of hydrogen-bond acceptors (Lipinski definition) is 0. The summed E-state index contributed by atoms with van der Waals surface area (Å²) in [6, 6.07) is 42.8. The summed E-state index contributed by atoms with van der Waals surface area (Å²) in [5, 5.41) is 5.39. The molecule has 3 heteroatoms. The molecule has 35 heavy (non-hydrogen) atoms. The molecular weight excluding hydrogens is 634 g/mol. The molecule has 0 heterocycles. The Morgan fingerprint density at radius 3 is 1.09 bits per heavy atom. The molecule has 0 unspecified atom stereocenters. The zero-order valence-corrected chi connectivity index (χ0v) is 25.1. The third-order valence-electron chi connectivity index (χ3n) is 6.31. The maximum absolute atomic E-state index is 2.28. The number of rotatable bonds is 2. The van der Waals surface area contributed by atoms with Crippen molar-refractivity contribution in [2.24, 2.45) is 0 Å². The molecule has 0 aliphatic rings. The van der Waals surface area contributed by atoms with Gasteiger partial charge in [0.15, 0.2) is 0 Å². The minimum Gasteiger partial charge on any atom is -0.147 e. The maximum Gasteiger partial charge on any atom is 0 e. The van der Waals surface area contributed by atoms with Crippen molar-refractivity contribution < 1.29 is 25.8 Å². The summed E-state index contributed by atoms with van der Waals surface area (Å²) in [4.78, 5) is 0. The van der Waals surface area contributed by atoms with Crippen molar-refractivity contribution in [2.45, 2.75) is 13.8 Å². The van der Waals surface area contributed by atoms with Crippen LogP contribution in [0.1, 0.15) is 11.1 Å². The Morgan fingerprint density at radius 1 is 0.429 bits per heavy atom. The van der Waals surface area contributed by atoms with Crippen LogP contribution in [0.4, 0.5) is 0 Å². The molecule has 0 aliphatic carbocycles.